The van der Waals surface area contributed by atoms with E-state index >= 15 is 0 Å². The summed E-state index contributed by atoms with van der Waals surface area (Å²) in [5, 5.41) is 15.9. The summed E-state index contributed by atoms with van der Waals surface area (Å²) in [5.41, 5.74) is 9.47. The number of anilines is 1. The van der Waals surface area contributed by atoms with Crippen LogP contribution >= 0.6 is 0 Å². The molecule has 3 rings (SSSR count). The number of nitrogens with zero attached hydrogens (tertiary/aromatic N) is 2. The van der Waals surface area contributed by atoms with E-state index in [9.17, 15) is 23.1 Å². The van der Waals surface area contributed by atoms with E-state index in [4.69, 9.17) is 10.9 Å². The number of rotatable bonds is 6. The van der Waals surface area contributed by atoms with E-state index in [1.165, 1.54) is 31.2 Å². The van der Waals surface area contributed by atoms with Crippen molar-refractivity contribution >= 4 is 33.8 Å². The number of primary sulfonamides is 1. The highest BCUT2D eigenvalue weighted by Gasteiger charge is 2.23. The van der Waals surface area contributed by atoms with Gasteiger partial charge in [-0.3, -0.25) is 9.59 Å². The van der Waals surface area contributed by atoms with Gasteiger partial charge in [-0.15, -0.1) is 5.73 Å². The standard InChI is InChI=1S/C24H24N4O5S/c1-15-20(9-4-6-16-10-12-17(13-11-16)27(2)3)23(30)28(24(31)21(15)22(25)29)18-7-5-8-19(14-18)34(26,32)33/h5-14,31H,1-3H3,(H2,25,29)(H2,26,32,33). The molecule has 0 atom stereocenters. The Morgan fingerprint density at radius 2 is 1.76 bits per heavy atom. The molecule has 10 heteroatoms. The summed E-state index contributed by atoms with van der Waals surface area (Å²) in [5.74, 6) is -1.66. The van der Waals surface area contributed by atoms with Crippen LogP contribution in [0.2, 0.25) is 0 Å². The molecule has 0 unspecified atom stereocenters. The molecule has 0 fully saturated rings. The van der Waals surface area contributed by atoms with Gasteiger partial charge in [-0.05, 0) is 60.5 Å². The molecule has 5 N–H and O–H groups in total. The number of carbonyl (C=O) groups excluding carboxylic acids is 1. The summed E-state index contributed by atoms with van der Waals surface area (Å²) in [7, 11) is -0.216. The van der Waals surface area contributed by atoms with Crippen molar-refractivity contribution in [2.75, 3.05) is 19.0 Å². The molecule has 0 saturated carbocycles. The zero-order chi connectivity index (χ0) is 25.2. The van der Waals surface area contributed by atoms with Crippen LogP contribution in [0.4, 0.5) is 5.69 Å². The molecule has 3 aromatic rings. The predicted octanol–water partition coefficient (Wildman–Crippen LogP) is 1.99. The summed E-state index contributed by atoms with van der Waals surface area (Å²) in [6, 6.07) is 12.7. The molecular formula is C24H24N4O5S. The quantitative estimate of drug-likeness (QED) is 0.460. The molecule has 0 spiro atoms. The highest BCUT2D eigenvalue weighted by Crippen LogP contribution is 2.26. The van der Waals surface area contributed by atoms with Crippen molar-refractivity contribution in [3.63, 3.8) is 0 Å². The van der Waals surface area contributed by atoms with Crippen LogP contribution in [-0.2, 0) is 10.0 Å². The van der Waals surface area contributed by atoms with Gasteiger partial charge >= 0.3 is 0 Å². The Labute approximate surface area is 196 Å². The summed E-state index contributed by atoms with van der Waals surface area (Å²) in [4.78, 5) is 27.1. The number of carbonyl (C=O) groups is 1. The van der Waals surface area contributed by atoms with E-state index in [1.807, 2.05) is 43.3 Å². The Bertz CT molecular complexity index is 1500. The lowest BCUT2D eigenvalue weighted by Crippen LogP contribution is -2.27. The SMILES string of the molecule is Cc1c(C(N)=O)c(O)n(-c2cccc(S(N)(=O)=O)c2)c(=O)c1C=C=Cc1ccc(N(C)C)cc1. The lowest BCUT2D eigenvalue weighted by Gasteiger charge is -2.15. The number of hydrogen-bond donors (Lipinski definition) is 3. The first kappa shape index (κ1) is 24.5. The molecule has 0 saturated heterocycles. The van der Waals surface area contributed by atoms with Crippen molar-refractivity contribution in [3.8, 4) is 11.6 Å². The fourth-order valence-corrected chi connectivity index (χ4v) is 3.94. The number of primary amides is 1. The minimum absolute atomic E-state index is 0.00516. The Hall–Kier alpha value is -4.11. The first-order valence-corrected chi connectivity index (χ1v) is 11.6. The highest BCUT2D eigenvalue weighted by atomic mass is 32.2. The van der Waals surface area contributed by atoms with Crippen LogP contribution in [0.5, 0.6) is 5.88 Å². The number of sulfonamides is 1. The van der Waals surface area contributed by atoms with Crippen LogP contribution in [0.15, 0.2) is 64.0 Å². The van der Waals surface area contributed by atoms with E-state index < -0.39 is 27.4 Å². The Kier molecular flexibility index (Phi) is 6.78. The van der Waals surface area contributed by atoms with E-state index in [0.29, 0.717) is 0 Å². The van der Waals surface area contributed by atoms with Crippen LogP contribution in [0.1, 0.15) is 27.0 Å². The van der Waals surface area contributed by atoms with Gasteiger partial charge in [0.05, 0.1) is 16.1 Å². The average Bonchev–Trinajstić information content (AvgIpc) is 2.75. The van der Waals surface area contributed by atoms with Gasteiger partial charge in [-0.25, -0.2) is 18.1 Å². The van der Waals surface area contributed by atoms with Crippen LogP contribution in [0.3, 0.4) is 0 Å². The van der Waals surface area contributed by atoms with Crippen LogP contribution in [0, 0.1) is 6.92 Å². The first-order valence-electron chi connectivity index (χ1n) is 10.0. The van der Waals surface area contributed by atoms with Gasteiger partial charge in [-0.2, -0.15) is 0 Å². The summed E-state index contributed by atoms with van der Waals surface area (Å²) >= 11 is 0. The maximum Gasteiger partial charge on any atom is 0.266 e. The van der Waals surface area contributed by atoms with Crippen LogP contribution in [-0.4, -0.2) is 38.1 Å². The summed E-state index contributed by atoms with van der Waals surface area (Å²) < 4.78 is 24.3. The minimum atomic E-state index is -4.07. The second kappa shape index (κ2) is 9.40. The molecule has 0 aliphatic carbocycles. The zero-order valence-corrected chi connectivity index (χ0v) is 19.6. The van der Waals surface area contributed by atoms with Crippen molar-refractivity contribution < 1.29 is 18.3 Å². The van der Waals surface area contributed by atoms with Crippen molar-refractivity contribution in [2.45, 2.75) is 11.8 Å². The van der Waals surface area contributed by atoms with Crippen LogP contribution < -0.4 is 21.3 Å². The number of pyridine rings is 1. The topological polar surface area (TPSA) is 149 Å². The zero-order valence-electron chi connectivity index (χ0n) is 18.8. The minimum Gasteiger partial charge on any atom is -0.494 e. The monoisotopic (exact) mass is 480 g/mol. The first-order chi connectivity index (χ1) is 15.9. The molecule has 2 aromatic carbocycles. The van der Waals surface area contributed by atoms with Crippen molar-refractivity contribution in [3.05, 3.63) is 86.9 Å². The maximum absolute atomic E-state index is 13.3. The molecule has 0 aliphatic rings. The van der Waals surface area contributed by atoms with Gasteiger partial charge in [0.1, 0.15) is 5.56 Å². The lowest BCUT2D eigenvalue weighted by molar-refractivity contribution is 0.0996. The molecule has 176 valence electrons. The maximum atomic E-state index is 13.3. The molecule has 34 heavy (non-hydrogen) atoms. The predicted molar refractivity (Wildman–Crippen MR) is 132 cm³/mol. The number of aromatic nitrogens is 1. The van der Waals surface area contributed by atoms with E-state index in [1.54, 1.807) is 6.08 Å². The third kappa shape index (κ3) is 4.94. The molecule has 9 nitrogen and oxygen atoms in total. The van der Waals surface area contributed by atoms with Gasteiger partial charge in [-0.1, -0.05) is 18.2 Å². The molecule has 1 amide bonds. The Morgan fingerprint density at radius 3 is 2.32 bits per heavy atom. The highest BCUT2D eigenvalue weighted by molar-refractivity contribution is 7.89. The largest absolute Gasteiger partial charge is 0.494 e. The third-order valence-corrected chi connectivity index (χ3v) is 6.10. The summed E-state index contributed by atoms with van der Waals surface area (Å²) in [6.45, 7) is 1.48. The van der Waals surface area contributed by atoms with Gasteiger partial charge in [0, 0.05) is 19.8 Å². The van der Waals surface area contributed by atoms with E-state index in [-0.39, 0.29) is 27.3 Å². The Morgan fingerprint density at radius 1 is 1.12 bits per heavy atom. The number of benzene rings is 2. The van der Waals surface area contributed by atoms with Crippen molar-refractivity contribution in [1.29, 1.82) is 0 Å². The lowest BCUT2D eigenvalue weighted by atomic mass is 10.0. The van der Waals surface area contributed by atoms with E-state index in [0.717, 1.165) is 21.9 Å². The molecule has 1 heterocycles. The van der Waals surface area contributed by atoms with Gasteiger partial charge in [0.2, 0.25) is 15.9 Å². The normalized spacial score (nSPS) is 10.9. The second-order valence-corrected chi connectivity index (χ2v) is 9.29. The summed E-state index contributed by atoms with van der Waals surface area (Å²) in [6.07, 6.45) is 3.03. The smallest absolute Gasteiger partial charge is 0.266 e. The van der Waals surface area contributed by atoms with Crippen molar-refractivity contribution in [2.24, 2.45) is 10.9 Å². The molecule has 1 aromatic heterocycles. The molecule has 0 aliphatic heterocycles. The van der Waals surface area contributed by atoms with E-state index in [2.05, 4.69) is 5.73 Å². The fourth-order valence-electron chi connectivity index (χ4n) is 3.39. The number of amides is 1. The van der Waals surface area contributed by atoms with Crippen LogP contribution in [0.25, 0.3) is 17.8 Å². The van der Waals surface area contributed by atoms with Gasteiger partial charge in [0.25, 0.3) is 11.5 Å². The number of hydrogen-bond acceptors (Lipinski definition) is 6. The third-order valence-electron chi connectivity index (χ3n) is 5.19. The molecule has 0 bridgehead atoms. The molecule has 0 radical (unpaired) electrons. The van der Waals surface area contributed by atoms with Crippen molar-refractivity contribution in [1.82, 2.24) is 4.57 Å². The van der Waals surface area contributed by atoms with Gasteiger partial charge < -0.3 is 15.7 Å². The second-order valence-electron chi connectivity index (χ2n) is 7.73. The Balaban J connectivity index is 2.21. The fraction of sp³-hybridized carbons (Fsp3) is 0.125. The average molecular weight is 481 g/mol. The number of nitrogens with two attached hydrogens (primary N) is 2. The number of aromatic hydroxyl groups is 1. The van der Waals surface area contributed by atoms with Gasteiger partial charge in [0.15, 0.2) is 0 Å². The molecular weight excluding hydrogens is 456 g/mol.